The first-order valence-corrected chi connectivity index (χ1v) is 7.40. The van der Waals surface area contributed by atoms with Gasteiger partial charge in [-0.15, -0.1) is 0 Å². The van der Waals surface area contributed by atoms with Gasteiger partial charge in [0.25, 0.3) is 0 Å². The topological polar surface area (TPSA) is 59.3 Å². The maximum Gasteiger partial charge on any atom is 0.169 e. The molecule has 0 aliphatic carbocycles. The van der Waals surface area contributed by atoms with Gasteiger partial charge in [-0.05, 0) is 35.0 Å². The van der Waals surface area contributed by atoms with Crippen molar-refractivity contribution in [3.05, 3.63) is 22.6 Å². The lowest BCUT2D eigenvalue weighted by Gasteiger charge is -2.10. The van der Waals surface area contributed by atoms with Crippen LogP contribution in [0.5, 0.6) is 0 Å². The highest BCUT2D eigenvalue weighted by Gasteiger charge is 2.10. The van der Waals surface area contributed by atoms with Gasteiger partial charge in [0.05, 0.1) is 11.8 Å². The Morgan fingerprint density at radius 2 is 2.20 bits per heavy atom. The van der Waals surface area contributed by atoms with Crippen molar-refractivity contribution < 1.29 is 12.8 Å². The third-order valence-electron chi connectivity index (χ3n) is 1.94. The van der Waals surface area contributed by atoms with Crippen molar-refractivity contribution >= 4 is 25.8 Å². The van der Waals surface area contributed by atoms with Crippen LogP contribution in [0.15, 0.2) is 21.2 Å². The smallest absolute Gasteiger partial charge is 0.169 e. The quantitative estimate of drug-likeness (QED) is 0.899. The van der Waals surface area contributed by atoms with Crippen molar-refractivity contribution in [2.45, 2.75) is 13.0 Å². The summed E-state index contributed by atoms with van der Waals surface area (Å²) in [5, 5.41) is 3.08. The molecule has 0 saturated heterocycles. The zero-order valence-electron chi connectivity index (χ0n) is 8.66. The Labute approximate surface area is 98.1 Å². The minimum absolute atomic E-state index is 0.0121. The van der Waals surface area contributed by atoms with Gasteiger partial charge < -0.3 is 9.73 Å². The van der Waals surface area contributed by atoms with E-state index in [-0.39, 0.29) is 11.8 Å². The van der Waals surface area contributed by atoms with Gasteiger partial charge in [-0.25, -0.2) is 8.42 Å². The van der Waals surface area contributed by atoms with E-state index in [0.717, 1.165) is 5.76 Å². The van der Waals surface area contributed by atoms with Gasteiger partial charge in [-0.3, -0.25) is 0 Å². The van der Waals surface area contributed by atoms with Crippen LogP contribution in [-0.2, 0) is 9.84 Å². The first-order valence-electron chi connectivity index (χ1n) is 4.55. The Bertz CT molecular complexity index is 413. The Kier molecular flexibility index (Phi) is 4.36. The molecule has 1 unspecified atom stereocenters. The second-order valence-corrected chi connectivity index (χ2v) is 6.49. The molecule has 0 spiro atoms. The van der Waals surface area contributed by atoms with Crippen LogP contribution < -0.4 is 5.32 Å². The summed E-state index contributed by atoms with van der Waals surface area (Å²) in [6.45, 7) is 2.35. The molecule has 0 saturated carbocycles. The van der Waals surface area contributed by atoms with Crippen LogP contribution in [0.2, 0.25) is 0 Å². The highest BCUT2D eigenvalue weighted by atomic mass is 79.9. The first-order chi connectivity index (χ1) is 6.88. The minimum atomic E-state index is -2.90. The van der Waals surface area contributed by atoms with E-state index in [1.54, 1.807) is 0 Å². The number of hydrogen-bond donors (Lipinski definition) is 1. The van der Waals surface area contributed by atoms with Crippen LogP contribution >= 0.6 is 15.9 Å². The Morgan fingerprint density at radius 1 is 1.53 bits per heavy atom. The molecule has 4 nitrogen and oxygen atoms in total. The average Bonchev–Trinajstić information content (AvgIpc) is 2.49. The predicted octanol–water partition coefficient (Wildman–Crippen LogP) is 1.74. The number of hydrogen-bond acceptors (Lipinski definition) is 4. The Balaban J connectivity index is 2.40. The molecule has 1 rings (SSSR count). The molecule has 0 amide bonds. The predicted molar refractivity (Wildman–Crippen MR) is 62.5 cm³/mol. The fourth-order valence-corrected chi connectivity index (χ4v) is 1.93. The van der Waals surface area contributed by atoms with Crippen molar-refractivity contribution in [3.8, 4) is 0 Å². The van der Waals surface area contributed by atoms with Crippen molar-refractivity contribution in [1.82, 2.24) is 5.32 Å². The van der Waals surface area contributed by atoms with E-state index >= 15 is 0 Å². The number of sulfone groups is 1. The van der Waals surface area contributed by atoms with E-state index in [1.165, 1.54) is 6.26 Å². The molecule has 6 heteroatoms. The molecular formula is C9H14BrNO3S. The number of rotatable bonds is 5. The van der Waals surface area contributed by atoms with Crippen molar-refractivity contribution in [2.75, 3.05) is 18.6 Å². The molecular weight excluding hydrogens is 282 g/mol. The molecule has 0 aliphatic rings. The zero-order chi connectivity index (χ0) is 11.5. The highest BCUT2D eigenvalue weighted by Crippen LogP contribution is 2.19. The molecule has 0 radical (unpaired) electrons. The maximum atomic E-state index is 10.9. The van der Waals surface area contributed by atoms with Crippen LogP contribution in [0.3, 0.4) is 0 Å². The molecule has 1 heterocycles. The largest absolute Gasteiger partial charge is 0.453 e. The number of nitrogens with one attached hydrogen (secondary N) is 1. The lowest BCUT2D eigenvalue weighted by atomic mass is 10.2. The van der Waals surface area contributed by atoms with Crippen LogP contribution in [0.4, 0.5) is 0 Å². The molecule has 1 N–H and O–H groups in total. The van der Waals surface area contributed by atoms with E-state index in [0.29, 0.717) is 11.2 Å². The zero-order valence-corrected chi connectivity index (χ0v) is 11.1. The lowest BCUT2D eigenvalue weighted by Crippen LogP contribution is -2.24. The summed E-state index contributed by atoms with van der Waals surface area (Å²) < 4.78 is 27.8. The highest BCUT2D eigenvalue weighted by molar-refractivity contribution is 9.10. The molecule has 0 fully saturated rings. The summed E-state index contributed by atoms with van der Waals surface area (Å²) in [6.07, 6.45) is 1.23. The van der Waals surface area contributed by atoms with E-state index in [9.17, 15) is 8.42 Å². The maximum absolute atomic E-state index is 10.9. The summed E-state index contributed by atoms with van der Waals surface area (Å²) >= 11 is 3.21. The third kappa shape index (κ3) is 4.81. The fraction of sp³-hybridized carbons (Fsp3) is 0.556. The van der Waals surface area contributed by atoms with Crippen molar-refractivity contribution in [2.24, 2.45) is 0 Å². The van der Waals surface area contributed by atoms with Crippen LogP contribution in [0.25, 0.3) is 0 Å². The summed E-state index contributed by atoms with van der Waals surface area (Å²) in [7, 11) is -2.90. The van der Waals surface area contributed by atoms with Crippen LogP contribution in [0.1, 0.15) is 18.7 Å². The van der Waals surface area contributed by atoms with Gasteiger partial charge in [0.15, 0.2) is 4.67 Å². The van der Waals surface area contributed by atoms with Crippen molar-refractivity contribution in [1.29, 1.82) is 0 Å². The van der Waals surface area contributed by atoms with Gasteiger partial charge in [-0.2, -0.15) is 0 Å². The SMILES string of the molecule is CC(NCCS(C)(=O)=O)c1ccc(Br)o1. The van der Waals surface area contributed by atoms with E-state index < -0.39 is 9.84 Å². The van der Waals surface area contributed by atoms with Gasteiger partial charge in [0.1, 0.15) is 15.6 Å². The van der Waals surface area contributed by atoms with Gasteiger partial charge in [-0.1, -0.05) is 0 Å². The van der Waals surface area contributed by atoms with Gasteiger partial charge in [0.2, 0.25) is 0 Å². The molecule has 0 bridgehead atoms. The van der Waals surface area contributed by atoms with Gasteiger partial charge >= 0.3 is 0 Å². The summed E-state index contributed by atoms with van der Waals surface area (Å²) in [4.78, 5) is 0. The van der Waals surface area contributed by atoms with Crippen LogP contribution in [0, 0.1) is 0 Å². The monoisotopic (exact) mass is 295 g/mol. The molecule has 86 valence electrons. The summed E-state index contributed by atoms with van der Waals surface area (Å²) in [6, 6.07) is 3.67. The van der Waals surface area contributed by atoms with Crippen LogP contribution in [-0.4, -0.2) is 27.0 Å². The average molecular weight is 296 g/mol. The first kappa shape index (κ1) is 12.7. The fourth-order valence-electron chi connectivity index (χ4n) is 1.12. The molecule has 1 atom stereocenters. The third-order valence-corrected chi connectivity index (χ3v) is 3.32. The molecule has 0 aliphatic heterocycles. The normalized spacial score (nSPS) is 14.1. The Morgan fingerprint density at radius 3 is 2.67 bits per heavy atom. The van der Waals surface area contributed by atoms with E-state index in [4.69, 9.17) is 4.42 Å². The minimum Gasteiger partial charge on any atom is -0.453 e. The lowest BCUT2D eigenvalue weighted by molar-refractivity contribution is 0.424. The van der Waals surface area contributed by atoms with E-state index in [1.807, 2.05) is 19.1 Å². The summed E-state index contributed by atoms with van der Waals surface area (Å²) in [5.74, 6) is 0.925. The molecule has 15 heavy (non-hydrogen) atoms. The second-order valence-electron chi connectivity index (χ2n) is 3.45. The van der Waals surface area contributed by atoms with Gasteiger partial charge in [0, 0.05) is 12.8 Å². The standard InChI is InChI=1S/C9H14BrNO3S/c1-7(8-3-4-9(10)14-8)11-5-6-15(2,12)13/h3-4,7,11H,5-6H2,1-2H3. The second kappa shape index (κ2) is 5.14. The Hall–Kier alpha value is -0.330. The summed E-state index contributed by atoms with van der Waals surface area (Å²) in [5.41, 5.74) is 0. The number of furan rings is 1. The molecule has 0 aromatic carbocycles. The van der Waals surface area contributed by atoms with E-state index in [2.05, 4.69) is 21.2 Å². The number of halogens is 1. The molecule has 1 aromatic rings. The van der Waals surface area contributed by atoms with Crippen molar-refractivity contribution in [3.63, 3.8) is 0 Å². The molecule has 1 aromatic heterocycles.